The highest BCUT2D eigenvalue weighted by Crippen LogP contribution is 2.14. The minimum Gasteiger partial charge on any atom is -0.383 e. The molecule has 0 radical (unpaired) electrons. The van der Waals surface area contributed by atoms with E-state index >= 15 is 0 Å². The van der Waals surface area contributed by atoms with E-state index in [0.717, 1.165) is 10.2 Å². The molecule has 0 spiro atoms. The van der Waals surface area contributed by atoms with Crippen molar-refractivity contribution in [1.82, 2.24) is 4.98 Å². The molecule has 0 saturated carbocycles. The number of hydrogen-bond acceptors (Lipinski definition) is 2. The van der Waals surface area contributed by atoms with Gasteiger partial charge in [-0.05, 0) is 28.1 Å². The quantitative estimate of drug-likeness (QED) is 0.703. The van der Waals surface area contributed by atoms with Crippen LogP contribution in [-0.4, -0.2) is 4.98 Å². The van der Waals surface area contributed by atoms with E-state index in [-0.39, 0.29) is 0 Å². The third-order valence-electron chi connectivity index (χ3n) is 1.14. The minimum atomic E-state index is 0.504. The fourth-order valence-corrected chi connectivity index (χ4v) is 0.957. The highest BCUT2D eigenvalue weighted by molar-refractivity contribution is 9.10. The summed E-state index contributed by atoms with van der Waals surface area (Å²) in [4.78, 5) is 3.97. The molecule has 0 saturated heterocycles. The topological polar surface area (TPSA) is 38.9 Å². The number of anilines is 1. The summed E-state index contributed by atoms with van der Waals surface area (Å²) in [6, 6.07) is 3.69. The summed E-state index contributed by atoms with van der Waals surface area (Å²) in [5, 5.41) is 0. The van der Waals surface area contributed by atoms with Crippen molar-refractivity contribution < 1.29 is 0 Å². The van der Waals surface area contributed by atoms with Crippen LogP contribution in [0.15, 0.2) is 23.3 Å². The molecule has 0 unspecified atom stereocenters. The van der Waals surface area contributed by atoms with Gasteiger partial charge in [-0.3, -0.25) is 0 Å². The van der Waals surface area contributed by atoms with E-state index in [1.807, 2.05) is 12.1 Å². The molecule has 3 heteroatoms. The number of aromatic nitrogens is 1. The van der Waals surface area contributed by atoms with Crippen molar-refractivity contribution in [2.24, 2.45) is 0 Å². The fraction of sp³-hybridized carbons (Fsp3) is 0. The molecule has 2 nitrogen and oxygen atoms in total. The molecule has 0 aliphatic carbocycles. The number of pyridine rings is 1. The summed E-state index contributed by atoms with van der Waals surface area (Å²) >= 11 is 3.20. The molecule has 1 aromatic rings. The van der Waals surface area contributed by atoms with Gasteiger partial charge in [-0.15, -0.1) is 0 Å². The molecule has 52 valence electrons. The molecule has 10 heavy (non-hydrogen) atoms. The summed E-state index contributed by atoms with van der Waals surface area (Å²) in [6.07, 6.45) is 1.68. The lowest BCUT2D eigenvalue weighted by atomic mass is 10.2. The first-order valence-corrected chi connectivity index (χ1v) is 3.58. The van der Waals surface area contributed by atoms with Crippen molar-refractivity contribution in [2.75, 3.05) is 5.73 Å². The fourth-order valence-electron chi connectivity index (χ4n) is 0.633. The Hall–Kier alpha value is -0.830. The second-order valence-electron chi connectivity index (χ2n) is 1.81. The minimum absolute atomic E-state index is 0.504. The van der Waals surface area contributed by atoms with Crippen molar-refractivity contribution in [3.8, 4) is 0 Å². The van der Waals surface area contributed by atoms with Gasteiger partial charge in [0.15, 0.2) is 0 Å². The third-order valence-corrected chi connectivity index (χ3v) is 1.59. The zero-order valence-electron chi connectivity index (χ0n) is 5.34. The number of nitrogen functional groups attached to an aromatic ring is 1. The number of rotatable bonds is 1. The van der Waals surface area contributed by atoms with Crippen LogP contribution in [0.4, 0.5) is 5.82 Å². The second kappa shape index (κ2) is 2.84. The molecule has 1 aromatic heterocycles. The molecule has 0 aliphatic rings. The Morgan fingerprint density at radius 2 is 2.30 bits per heavy atom. The van der Waals surface area contributed by atoms with E-state index in [0.29, 0.717) is 5.82 Å². The van der Waals surface area contributed by atoms with Crippen LogP contribution in [0.3, 0.4) is 0 Å². The lowest BCUT2D eigenvalue weighted by Crippen LogP contribution is -1.92. The first-order chi connectivity index (χ1) is 4.74. The highest BCUT2D eigenvalue weighted by Gasteiger charge is 1.94. The normalized spacial score (nSPS) is 9.30. The van der Waals surface area contributed by atoms with Crippen LogP contribution < -0.4 is 5.73 Å². The summed E-state index contributed by atoms with van der Waals surface area (Å²) in [6.45, 7) is 3.59. The van der Waals surface area contributed by atoms with Crippen LogP contribution in [0.2, 0.25) is 0 Å². The van der Waals surface area contributed by atoms with Crippen molar-refractivity contribution in [3.63, 3.8) is 0 Å². The van der Waals surface area contributed by atoms with Gasteiger partial charge in [0.05, 0.1) is 0 Å². The van der Waals surface area contributed by atoms with Crippen LogP contribution in [0.5, 0.6) is 0 Å². The van der Waals surface area contributed by atoms with Gasteiger partial charge in [-0.1, -0.05) is 12.7 Å². The Bertz CT molecular complexity index is 258. The van der Waals surface area contributed by atoms with Crippen molar-refractivity contribution in [2.45, 2.75) is 0 Å². The van der Waals surface area contributed by atoms with Gasteiger partial charge in [0.1, 0.15) is 10.4 Å². The average Bonchev–Trinajstić information content (AvgIpc) is 1.88. The maximum atomic E-state index is 5.52. The molecule has 1 rings (SSSR count). The van der Waals surface area contributed by atoms with E-state index in [2.05, 4.69) is 27.5 Å². The average molecular weight is 199 g/mol. The lowest BCUT2D eigenvalue weighted by molar-refractivity contribution is 1.28. The first-order valence-electron chi connectivity index (χ1n) is 2.78. The molecule has 0 fully saturated rings. The Morgan fingerprint density at radius 3 is 2.80 bits per heavy atom. The molecule has 0 amide bonds. The van der Waals surface area contributed by atoms with Crippen LogP contribution in [0.1, 0.15) is 5.56 Å². The molecule has 0 aromatic carbocycles. The molecule has 0 aliphatic heterocycles. The largest absolute Gasteiger partial charge is 0.383 e. The molecule has 0 bridgehead atoms. The van der Waals surface area contributed by atoms with Gasteiger partial charge in [0.25, 0.3) is 0 Å². The van der Waals surface area contributed by atoms with Gasteiger partial charge >= 0.3 is 0 Å². The summed E-state index contributed by atoms with van der Waals surface area (Å²) in [5.41, 5.74) is 6.38. The maximum Gasteiger partial charge on any atom is 0.131 e. The van der Waals surface area contributed by atoms with E-state index in [4.69, 9.17) is 5.73 Å². The van der Waals surface area contributed by atoms with Crippen LogP contribution in [0, 0.1) is 0 Å². The Labute approximate surface area is 67.9 Å². The zero-order valence-corrected chi connectivity index (χ0v) is 6.93. The predicted molar refractivity (Wildman–Crippen MR) is 46.4 cm³/mol. The maximum absolute atomic E-state index is 5.52. The van der Waals surface area contributed by atoms with Gasteiger partial charge in [-0.25, -0.2) is 4.98 Å². The SMILES string of the molecule is C=Cc1ccc(Br)nc1N. The van der Waals surface area contributed by atoms with Gasteiger partial charge in [0, 0.05) is 5.56 Å². The van der Waals surface area contributed by atoms with Crippen LogP contribution in [-0.2, 0) is 0 Å². The molecule has 0 atom stereocenters. The lowest BCUT2D eigenvalue weighted by Gasteiger charge is -1.97. The summed E-state index contributed by atoms with van der Waals surface area (Å²) < 4.78 is 0.746. The Morgan fingerprint density at radius 1 is 1.60 bits per heavy atom. The van der Waals surface area contributed by atoms with Gasteiger partial charge in [0.2, 0.25) is 0 Å². The van der Waals surface area contributed by atoms with Crippen molar-refractivity contribution >= 4 is 27.8 Å². The first kappa shape index (κ1) is 7.28. The Kier molecular flexibility index (Phi) is 2.06. The van der Waals surface area contributed by atoms with E-state index < -0.39 is 0 Å². The van der Waals surface area contributed by atoms with Gasteiger partial charge < -0.3 is 5.73 Å². The summed E-state index contributed by atoms with van der Waals surface area (Å²) in [7, 11) is 0. The number of halogens is 1. The number of hydrogen-bond donors (Lipinski definition) is 1. The number of nitrogens with zero attached hydrogens (tertiary/aromatic N) is 1. The molecule has 2 N–H and O–H groups in total. The predicted octanol–water partition coefficient (Wildman–Crippen LogP) is 2.07. The number of nitrogens with two attached hydrogens (primary N) is 1. The standard InChI is InChI=1S/C7H7BrN2/c1-2-5-3-4-6(8)10-7(5)9/h2-4H,1H2,(H2,9,10). The van der Waals surface area contributed by atoms with Gasteiger partial charge in [-0.2, -0.15) is 0 Å². The molecule has 1 heterocycles. The smallest absolute Gasteiger partial charge is 0.131 e. The van der Waals surface area contributed by atoms with Crippen molar-refractivity contribution in [1.29, 1.82) is 0 Å². The summed E-state index contributed by atoms with van der Waals surface area (Å²) in [5.74, 6) is 0.504. The van der Waals surface area contributed by atoms with E-state index in [9.17, 15) is 0 Å². The zero-order chi connectivity index (χ0) is 7.56. The van der Waals surface area contributed by atoms with E-state index in [1.165, 1.54) is 0 Å². The van der Waals surface area contributed by atoms with Crippen LogP contribution in [0.25, 0.3) is 6.08 Å². The van der Waals surface area contributed by atoms with Crippen molar-refractivity contribution in [3.05, 3.63) is 28.9 Å². The molecular formula is C7H7BrN2. The monoisotopic (exact) mass is 198 g/mol. The van der Waals surface area contributed by atoms with Crippen LogP contribution >= 0.6 is 15.9 Å². The molecular weight excluding hydrogens is 192 g/mol. The second-order valence-corrected chi connectivity index (χ2v) is 2.63. The van der Waals surface area contributed by atoms with E-state index in [1.54, 1.807) is 6.08 Å². The Balaban J connectivity index is 3.19. The third kappa shape index (κ3) is 1.36. The highest BCUT2D eigenvalue weighted by atomic mass is 79.9.